The van der Waals surface area contributed by atoms with Crippen molar-refractivity contribution >= 4 is 15.7 Å². The number of unbranched alkanes of at least 4 members (excludes halogenated alkanes) is 2. The van der Waals surface area contributed by atoms with Crippen LogP contribution in [0.25, 0.3) is 0 Å². The number of rotatable bonds is 21. The molecular formula is C38H64IN3O6S. The first-order valence-electron chi connectivity index (χ1n) is 18.2. The maximum absolute atomic E-state index is 14.3. The lowest BCUT2D eigenvalue weighted by atomic mass is 9.72. The van der Waals surface area contributed by atoms with Crippen LogP contribution < -0.4 is 33.6 Å². The molecule has 2 atom stereocenters. The molecular weight excluding hydrogens is 753 g/mol. The number of ether oxygens (including phenoxy) is 3. The lowest BCUT2D eigenvalue weighted by molar-refractivity contribution is -0.923. The minimum Gasteiger partial charge on any atom is -1.00 e. The van der Waals surface area contributed by atoms with Gasteiger partial charge in [-0.2, -0.15) is 4.31 Å². The summed E-state index contributed by atoms with van der Waals surface area (Å²) >= 11 is 0. The zero-order valence-corrected chi connectivity index (χ0v) is 34.4. The van der Waals surface area contributed by atoms with Gasteiger partial charge < -0.3 is 52.7 Å². The number of likely N-dealkylation sites (N-methyl/N-ethyl adjacent to an activating group) is 2. The van der Waals surface area contributed by atoms with E-state index in [9.17, 15) is 13.5 Å². The first-order chi connectivity index (χ1) is 23.0. The Labute approximate surface area is 315 Å². The lowest BCUT2D eigenvalue weighted by Gasteiger charge is -2.45. The molecule has 0 aliphatic carbocycles. The Morgan fingerprint density at radius 1 is 0.837 bits per heavy atom. The molecule has 1 heterocycles. The quantitative estimate of drug-likeness (QED) is 0.118. The number of quaternary nitrogens is 1. The molecule has 0 fully saturated rings. The van der Waals surface area contributed by atoms with Crippen LogP contribution in [0.3, 0.4) is 0 Å². The van der Waals surface area contributed by atoms with Gasteiger partial charge in [-0.05, 0) is 75.1 Å². The maximum atomic E-state index is 14.3. The second-order valence-corrected chi connectivity index (χ2v) is 15.4. The zero-order chi connectivity index (χ0) is 35.4. The topological polar surface area (TPSA) is 88.5 Å². The monoisotopic (exact) mass is 817 g/mol. The van der Waals surface area contributed by atoms with Crippen molar-refractivity contribution in [3.8, 4) is 5.75 Å². The van der Waals surface area contributed by atoms with Crippen molar-refractivity contribution in [3.63, 3.8) is 0 Å². The average molecular weight is 818 g/mol. The molecule has 1 N–H and O–H groups in total. The molecule has 2 aromatic rings. The van der Waals surface area contributed by atoms with Gasteiger partial charge >= 0.3 is 0 Å². The van der Waals surface area contributed by atoms with Gasteiger partial charge in [0.25, 0.3) is 0 Å². The van der Waals surface area contributed by atoms with Crippen molar-refractivity contribution < 1.29 is 56.2 Å². The second kappa shape index (κ2) is 20.5. The molecule has 2 aromatic carbocycles. The molecule has 11 heteroatoms. The van der Waals surface area contributed by atoms with E-state index in [0.29, 0.717) is 50.6 Å². The van der Waals surface area contributed by atoms with Gasteiger partial charge in [0.2, 0.25) is 10.0 Å². The number of anilines is 1. The van der Waals surface area contributed by atoms with Crippen molar-refractivity contribution in [1.82, 2.24) is 4.31 Å². The number of benzene rings is 2. The summed E-state index contributed by atoms with van der Waals surface area (Å²) in [5.74, 6) is 0.159. The normalized spacial score (nSPS) is 18.7. The highest BCUT2D eigenvalue weighted by Crippen LogP contribution is 2.48. The molecule has 280 valence electrons. The summed E-state index contributed by atoms with van der Waals surface area (Å²) in [6.45, 7) is 18.0. The highest BCUT2D eigenvalue weighted by Gasteiger charge is 2.53. The van der Waals surface area contributed by atoms with E-state index in [-0.39, 0.29) is 28.9 Å². The van der Waals surface area contributed by atoms with Crippen molar-refractivity contribution in [2.45, 2.75) is 95.6 Å². The summed E-state index contributed by atoms with van der Waals surface area (Å²) in [5.41, 5.74) is 1.44. The fourth-order valence-electron chi connectivity index (χ4n) is 7.12. The minimum atomic E-state index is -3.88. The highest BCUT2D eigenvalue weighted by molar-refractivity contribution is 7.89. The molecule has 1 aliphatic rings. The maximum Gasteiger partial charge on any atom is 0.243 e. The molecule has 0 amide bonds. The van der Waals surface area contributed by atoms with E-state index in [1.165, 1.54) is 4.31 Å². The number of fused-ring (bicyclic) bond motifs is 1. The van der Waals surface area contributed by atoms with Gasteiger partial charge in [0, 0.05) is 32.7 Å². The van der Waals surface area contributed by atoms with Crippen LogP contribution in [0.1, 0.15) is 90.2 Å². The molecule has 0 unspecified atom stereocenters. The predicted molar refractivity (Wildman–Crippen MR) is 196 cm³/mol. The van der Waals surface area contributed by atoms with E-state index in [1.807, 2.05) is 55.4 Å². The van der Waals surface area contributed by atoms with Gasteiger partial charge in [0.15, 0.2) is 0 Å². The van der Waals surface area contributed by atoms with Crippen LogP contribution in [0.4, 0.5) is 5.69 Å². The van der Waals surface area contributed by atoms with Crippen LogP contribution >= 0.6 is 0 Å². The lowest BCUT2D eigenvalue weighted by Crippen LogP contribution is -3.00. The summed E-state index contributed by atoms with van der Waals surface area (Å²) in [6, 6.07) is 13.2. The fraction of sp³-hybridized carbons (Fsp3) is 0.684. The Morgan fingerprint density at radius 3 is 1.92 bits per heavy atom. The van der Waals surface area contributed by atoms with E-state index in [1.54, 1.807) is 13.1 Å². The molecule has 0 aromatic heterocycles. The summed E-state index contributed by atoms with van der Waals surface area (Å²) in [7, 11) is 1.66. The van der Waals surface area contributed by atoms with Gasteiger partial charge in [-0.1, -0.05) is 51.7 Å². The summed E-state index contributed by atoms with van der Waals surface area (Å²) in [4.78, 5) is 2.22. The molecule has 0 saturated carbocycles. The van der Waals surface area contributed by atoms with Gasteiger partial charge in [-0.25, -0.2) is 8.42 Å². The third kappa shape index (κ3) is 10.5. The Morgan fingerprint density at radius 2 is 1.39 bits per heavy atom. The largest absolute Gasteiger partial charge is 1.00 e. The van der Waals surface area contributed by atoms with Gasteiger partial charge in [-0.3, -0.25) is 0 Å². The van der Waals surface area contributed by atoms with Crippen molar-refractivity contribution in [3.05, 3.63) is 53.6 Å². The van der Waals surface area contributed by atoms with E-state index in [0.717, 1.165) is 74.2 Å². The molecule has 0 saturated heterocycles. The Kier molecular flexibility index (Phi) is 18.3. The molecule has 3 rings (SSSR count). The highest BCUT2D eigenvalue weighted by atomic mass is 127. The molecule has 49 heavy (non-hydrogen) atoms. The fourth-order valence-corrected chi connectivity index (χ4v) is 8.91. The van der Waals surface area contributed by atoms with Crippen molar-refractivity contribution in [2.75, 3.05) is 85.3 Å². The summed E-state index contributed by atoms with van der Waals surface area (Å²) in [6.07, 6.45) is 3.71. The van der Waals surface area contributed by atoms with Crippen LogP contribution in [-0.4, -0.2) is 114 Å². The number of halogens is 1. The third-order valence-corrected chi connectivity index (χ3v) is 12.7. The SMILES string of the molecule is CCCCC1(CCCC)[C@H](O)[C@H](c2ccc(OCCOCCOCC[N+](CC)(CC)CC)cc2)c2cc(N(C)C)ccc2S(=O)(=O)N1C.[I-]. The smallest absolute Gasteiger partial charge is 0.243 e. The van der Waals surface area contributed by atoms with Crippen LogP contribution in [0.2, 0.25) is 0 Å². The number of sulfonamides is 1. The third-order valence-electron chi connectivity index (χ3n) is 10.7. The van der Waals surface area contributed by atoms with E-state index < -0.39 is 27.6 Å². The number of hydrogen-bond donors (Lipinski definition) is 1. The minimum absolute atomic E-state index is 0. The molecule has 1 aliphatic heterocycles. The molecule has 0 spiro atoms. The summed E-state index contributed by atoms with van der Waals surface area (Å²) in [5, 5.41) is 12.5. The van der Waals surface area contributed by atoms with Gasteiger partial charge in [-0.15, -0.1) is 0 Å². The van der Waals surface area contributed by atoms with E-state index >= 15 is 0 Å². The Bertz CT molecular complexity index is 1340. The molecule has 0 radical (unpaired) electrons. The number of aliphatic hydroxyl groups excluding tert-OH is 1. The van der Waals surface area contributed by atoms with Crippen molar-refractivity contribution in [2.24, 2.45) is 0 Å². The van der Waals surface area contributed by atoms with E-state index in [4.69, 9.17) is 14.2 Å². The first-order valence-corrected chi connectivity index (χ1v) is 19.6. The van der Waals surface area contributed by atoms with Crippen LogP contribution in [0, 0.1) is 0 Å². The predicted octanol–water partition coefficient (Wildman–Crippen LogP) is 3.29. The molecule has 9 nitrogen and oxygen atoms in total. The zero-order valence-electron chi connectivity index (χ0n) is 31.4. The number of aliphatic hydroxyl groups is 1. The first kappa shape index (κ1) is 43.7. The van der Waals surface area contributed by atoms with Crippen LogP contribution in [0.5, 0.6) is 5.75 Å². The summed E-state index contributed by atoms with van der Waals surface area (Å²) < 4.78 is 48.8. The standard InChI is InChI=1S/C38H64N3O6S.HI/c1-9-14-22-38(23-15-10-2)37(42)36(34-30-32(39(6)7)18-21-35(34)48(43,44)40(38)8)31-16-19-33(20-17-31)47-29-28-46-27-26-45-25-24-41(11-3,12-4)13-5;/h16-21,30,36-37,42H,9-15,22-29H2,1-8H3;1H/q+1;/p-1/t36-,37-;/m1./s1. The number of hydrogen-bond acceptors (Lipinski definition) is 7. The number of nitrogens with zero attached hydrogens (tertiary/aromatic N) is 3. The van der Waals surface area contributed by atoms with Gasteiger partial charge in [0.1, 0.15) is 18.9 Å². The van der Waals surface area contributed by atoms with Gasteiger partial charge in [0.05, 0.1) is 62.6 Å². The van der Waals surface area contributed by atoms with Crippen LogP contribution in [-0.2, 0) is 19.5 Å². The second-order valence-electron chi connectivity index (χ2n) is 13.5. The average Bonchev–Trinajstić information content (AvgIpc) is 3.14. The van der Waals surface area contributed by atoms with Crippen LogP contribution in [0.15, 0.2) is 47.4 Å². The Hall–Kier alpha value is -1.48. The Balaban J connectivity index is 0.00000833. The van der Waals surface area contributed by atoms with Crippen molar-refractivity contribution in [1.29, 1.82) is 0 Å². The molecule has 0 bridgehead atoms. The van der Waals surface area contributed by atoms with E-state index in [2.05, 4.69) is 34.6 Å².